The van der Waals surface area contributed by atoms with E-state index >= 15 is 0 Å². The van der Waals surface area contributed by atoms with Gasteiger partial charge in [-0.3, -0.25) is 0 Å². The number of thiocarbonyl (C=S) groups is 1. The number of aliphatic imine (C=N–C) groups is 2. The maximum absolute atomic E-state index is 10.6. The Morgan fingerprint density at radius 2 is 1.92 bits per heavy atom. The second-order valence-corrected chi connectivity index (χ2v) is 2.60. The summed E-state index contributed by atoms with van der Waals surface area (Å²) in [5.41, 5.74) is 0. The lowest BCUT2D eigenvalue weighted by molar-refractivity contribution is 0.0746. The van der Waals surface area contributed by atoms with Crippen molar-refractivity contribution >= 4 is 35.9 Å². The van der Waals surface area contributed by atoms with Gasteiger partial charge >= 0.3 is 6.09 Å². The van der Waals surface area contributed by atoms with Crippen molar-refractivity contribution in [3.8, 4) is 0 Å². The molecule has 12 heavy (non-hydrogen) atoms. The van der Waals surface area contributed by atoms with Crippen molar-refractivity contribution in [2.24, 2.45) is 9.98 Å². The van der Waals surface area contributed by atoms with Crippen LogP contribution in [0.1, 0.15) is 0 Å². The Kier molecular flexibility index (Phi) is 1.61. The number of fused-ring (bicyclic) bond motifs is 1. The minimum atomic E-state index is -0.626. The van der Waals surface area contributed by atoms with Gasteiger partial charge in [0.25, 0.3) is 5.17 Å². The van der Waals surface area contributed by atoms with Crippen LogP contribution in [0.2, 0.25) is 0 Å². The Hall–Kier alpha value is -1.30. The van der Waals surface area contributed by atoms with Crippen LogP contribution in [0.3, 0.4) is 0 Å². The number of ether oxygens (including phenoxy) is 2. The number of carbonyl (C=O) groups excluding carboxylic acids is 1. The van der Waals surface area contributed by atoms with Gasteiger partial charge < -0.3 is 9.47 Å². The first-order valence-electron chi connectivity index (χ1n) is 3.25. The zero-order chi connectivity index (χ0) is 8.55. The fourth-order valence-corrected chi connectivity index (χ4v) is 1.10. The lowest BCUT2D eigenvalue weighted by Crippen LogP contribution is -2.42. The van der Waals surface area contributed by atoms with E-state index in [0.717, 1.165) is 0 Å². The molecular weight excluding hydrogens is 180 g/mol. The molecule has 2 rings (SSSR count). The largest absolute Gasteiger partial charge is 0.456 e. The Bertz CT molecular complexity index is 269. The summed E-state index contributed by atoms with van der Waals surface area (Å²) in [5.74, 6) is 0. The topological polar surface area (TPSA) is 60.2 Å². The van der Waals surface area contributed by atoms with Crippen LogP contribution in [0.4, 0.5) is 4.79 Å². The van der Waals surface area contributed by atoms with Gasteiger partial charge in [0, 0.05) is 0 Å². The maximum Gasteiger partial charge on any atom is 0.434 e. The molecule has 0 spiro atoms. The summed E-state index contributed by atoms with van der Waals surface area (Å²) in [5, 5.41) is 0.139. The number of hydrogen-bond donors (Lipinski definition) is 0. The van der Waals surface area contributed by atoms with Crippen LogP contribution in [0.5, 0.6) is 0 Å². The Morgan fingerprint density at radius 3 is 2.75 bits per heavy atom. The molecule has 2 aliphatic rings. The van der Waals surface area contributed by atoms with E-state index in [1.165, 1.54) is 12.4 Å². The molecule has 0 aromatic rings. The fraction of sp³-hybridized carbons (Fsp3) is 0.333. The Labute approximate surface area is 73.1 Å². The molecule has 0 saturated heterocycles. The van der Waals surface area contributed by atoms with Crippen LogP contribution in [0.15, 0.2) is 9.98 Å². The van der Waals surface area contributed by atoms with Crippen molar-refractivity contribution in [1.82, 2.24) is 0 Å². The van der Waals surface area contributed by atoms with Crippen molar-refractivity contribution in [2.75, 3.05) is 0 Å². The van der Waals surface area contributed by atoms with E-state index < -0.39 is 18.3 Å². The predicted octanol–water partition coefficient (Wildman–Crippen LogP) is 0.331. The predicted molar refractivity (Wildman–Crippen MR) is 44.7 cm³/mol. The van der Waals surface area contributed by atoms with Gasteiger partial charge in [-0.1, -0.05) is 0 Å². The summed E-state index contributed by atoms with van der Waals surface area (Å²) in [6.07, 6.45) is 1.29. The van der Waals surface area contributed by atoms with Crippen LogP contribution in [-0.2, 0) is 9.47 Å². The molecule has 2 heterocycles. The van der Waals surface area contributed by atoms with Gasteiger partial charge in [-0.25, -0.2) is 9.79 Å². The first kappa shape index (κ1) is 7.35. The zero-order valence-corrected chi connectivity index (χ0v) is 6.65. The van der Waals surface area contributed by atoms with Crippen LogP contribution in [-0.4, -0.2) is 35.9 Å². The number of amides is 1. The van der Waals surface area contributed by atoms with E-state index in [9.17, 15) is 4.79 Å². The van der Waals surface area contributed by atoms with Crippen LogP contribution < -0.4 is 0 Å². The van der Waals surface area contributed by atoms with Crippen molar-refractivity contribution < 1.29 is 14.3 Å². The SMILES string of the molecule is O=C1N=C[C@@H]2OC(=S)N=C[C@H]2O1. The molecule has 0 unspecified atom stereocenters. The van der Waals surface area contributed by atoms with Gasteiger partial charge in [-0.05, 0) is 12.2 Å². The second kappa shape index (κ2) is 2.63. The first-order chi connectivity index (χ1) is 5.75. The van der Waals surface area contributed by atoms with Crippen LogP contribution in [0, 0.1) is 0 Å². The highest BCUT2D eigenvalue weighted by Gasteiger charge is 2.31. The molecule has 0 aliphatic carbocycles. The summed E-state index contributed by atoms with van der Waals surface area (Å²) in [4.78, 5) is 17.7. The minimum Gasteiger partial charge on any atom is -0.456 e. The highest BCUT2D eigenvalue weighted by molar-refractivity contribution is 7.80. The van der Waals surface area contributed by atoms with E-state index in [-0.39, 0.29) is 5.17 Å². The van der Waals surface area contributed by atoms with Crippen molar-refractivity contribution in [2.45, 2.75) is 12.2 Å². The van der Waals surface area contributed by atoms with E-state index in [2.05, 4.69) is 22.2 Å². The van der Waals surface area contributed by atoms with Crippen LogP contribution >= 0.6 is 12.2 Å². The second-order valence-electron chi connectivity index (χ2n) is 2.25. The highest BCUT2D eigenvalue weighted by atomic mass is 32.1. The first-order valence-corrected chi connectivity index (χ1v) is 3.66. The summed E-state index contributed by atoms with van der Waals surface area (Å²) in [7, 11) is 0. The highest BCUT2D eigenvalue weighted by Crippen LogP contribution is 2.12. The Balaban J connectivity index is 2.24. The van der Waals surface area contributed by atoms with Crippen molar-refractivity contribution in [3.63, 3.8) is 0 Å². The lowest BCUT2D eigenvalue weighted by Gasteiger charge is -2.26. The van der Waals surface area contributed by atoms with E-state index in [0.29, 0.717) is 0 Å². The lowest BCUT2D eigenvalue weighted by atomic mass is 10.2. The molecule has 0 fully saturated rings. The van der Waals surface area contributed by atoms with Gasteiger partial charge in [0.2, 0.25) is 0 Å². The number of carbonyl (C=O) groups is 1. The molecular formula is C6H4N2O3S. The number of rotatable bonds is 0. The summed E-state index contributed by atoms with van der Waals surface area (Å²) < 4.78 is 9.81. The molecule has 2 atom stereocenters. The van der Waals surface area contributed by atoms with E-state index in [1.807, 2.05) is 0 Å². The third-order valence-corrected chi connectivity index (χ3v) is 1.65. The van der Waals surface area contributed by atoms with Gasteiger partial charge in [-0.2, -0.15) is 4.99 Å². The van der Waals surface area contributed by atoms with E-state index in [1.54, 1.807) is 0 Å². The molecule has 0 aromatic carbocycles. The third-order valence-electron chi connectivity index (χ3n) is 1.45. The third kappa shape index (κ3) is 1.20. The van der Waals surface area contributed by atoms with Gasteiger partial charge in [0.15, 0.2) is 12.2 Å². The molecule has 1 amide bonds. The summed E-state index contributed by atoms with van der Waals surface area (Å²) >= 11 is 4.68. The van der Waals surface area contributed by atoms with E-state index in [4.69, 9.17) is 9.47 Å². The quantitative estimate of drug-likeness (QED) is 0.509. The normalized spacial score (nSPS) is 32.3. The molecule has 6 heteroatoms. The smallest absolute Gasteiger partial charge is 0.434 e. The summed E-state index contributed by atoms with van der Waals surface area (Å²) in [6, 6.07) is 0. The molecule has 0 aromatic heterocycles. The molecule has 62 valence electrons. The average Bonchev–Trinajstić information content (AvgIpc) is 2.05. The van der Waals surface area contributed by atoms with Crippen molar-refractivity contribution in [1.29, 1.82) is 0 Å². The molecule has 0 radical (unpaired) electrons. The van der Waals surface area contributed by atoms with Gasteiger partial charge in [0.1, 0.15) is 0 Å². The number of hydrogen-bond acceptors (Lipinski definition) is 4. The maximum atomic E-state index is 10.6. The summed E-state index contributed by atoms with van der Waals surface area (Å²) in [6.45, 7) is 0. The standard InChI is InChI=1S/C6H4N2O3S/c9-5-7-1-4-3(10-5)2-8-6(12)11-4/h1-4H/t3-,4+/m1/s1. The van der Waals surface area contributed by atoms with Gasteiger partial charge in [0.05, 0.1) is 12.4 Å². The van der Waals surface area contributed by atoms with Crippen LogP contribution in [0.25, 0.3) is 0 Å². The molecule has 2 aliphatic heterocycles. The minimum absolute atomic E-state index is 0.139. The zero-order valence-electron chi connectivity index (χ0n) is 5.84. The monoisotopic (exact) mass is 184 g/mol. The fourth-order valence-electron chi connectivity index (χ4n) is 0.927. The molecule has 0 N–H and O–H groups in total. The molecule has 0 saturated carbocycles. The average molecular weight is 184 g/mol. The molecule has 5 nitrogen and oxygen atoms in total. The number of nitrogens with zero attached hydrogens (tertiary/aromatic N) is 2. The Morgan fingerprint density at radius 1 is 1.25 bits per heavy atom. The molecule has 0 bridgehead atoms. The van der Waals surface area contributed by atoms with Crippen molar-refractivity contribution in [3.05, 3.63) is 0 Å². The van der Waals surface area contributed by atoms with Gasteiger partial charge in [-0.15, -0.1) is 0 Å².